The van der Waals surface area contributed by atoms with Crippen molar-refractivity contribution in [3.63, 3.8) is 0 Å². The fourth-order valence-corrected chi connectivity index (χ4v) is 4.06. The van der Waals surface area contributed by atoms with Crippen molar-refractivity contribution in [1.29, 1.82) is 0 Å². The molecule has 0 saturated carbocycles. The first kappa shape index (κ1) is 23.4. The van der Waals surface area contributed by atoms with Gasteiger partial charge in [-0.05, 0) is 42.8 Å². The van der Waals surface area contributed by atoms with Crippen LogP contribution < -0.4 is 15.6 Å². The molecule has 0 spiro atoms. The van der Waals surface area contributed by atoms with E-state index in [0.29, 0.717) is 54.4 Å². The molecule has 4 heterocycles. The number of methoxy groups -OCH3 is 1. The summed E-state index contributed by atoms with van der Waals surface area (Å²) in [5, 5.41) is 8.77. The summed E-state index contributed by atoms with van der Waals surface area (Å²) in [5.74, 6) is 0.825. The largest absolute Gasteiger partial charge is 0.489 e. The molecular weight excluding hydrogens is 463 g/mol. The van der Waals surface area contributed by atoms with Crippen molar-refractivity contribution in [2.45, 2.75) is 13.5 Å². The number of nitrogens with zero attached hydrogens (tertiary/aromatic N) is 5. The first-order valence-electron chi connectivity index (χ1n) is 11.5. The molecule has 0 atom stereocenters. The number of hydrogen-bond acceptors (Lipinski definition) is 7. The van der Waals surface area contributed by atoms with Crippen molar-refractivity contribution in [2.24, 2.45) is 0 Å². The minimum atomic E-state index is -0.328. The average molecular weight is 489 g/mol. The summed E-state index contributed by atoms with van der Waals surface area (Å²) >= 11 is 0. The van der Waals surface area contributed by atoms with Crippen molar-refractivity contribution in [2.75, 3.05) is 32.2 Å². The first-order valence-corrected chi connectivity index (χ1v) is 11.5. The summed E-state index contributed by atoms with van der Waals surface area (Å²) < 4.78 is 27.7. The third-order valence-electron chi connectivity index (χ3n) is 5.81. The maximum Gasteiger partial charge on any atom is 0.266 e. The molecule has 1 aromatic carbocycles. The molecular formula is C26H25FN6O3. The van der Waals surface area contributed by atoms with Crippen LogP contribution in [0.5, 0.6) is 5.75 Å². The zero-order valence-corrected chi connectivity index (χ0v) is 19.9. The second-order valence-corrected chi connectivity index (χ2v) is 8.26. The fourth-order valence-electron chi connectivity index (χ4n) is 4.06. The van der Waals surface area contributed by atoms with Crippen LogP contribution in [0.4, 0.5) is 10.1 Å². The van der Waals surface area contributed by atoms with Gasteiger partial charge in [0, 0.05) is 43.6 Å². The van der Waals surface area contributed by atoms with Crippen molar-refractivity contribution in [1.82, 2.24) is 24.3 Å². The van der Waals surface area contributed by atoms with E-state index in [1.54, 1.807) is 36.2 Å². The summed E-state index contributed by atoms with van der Waals surface area (Å²) in [6.07, 6.45) is 5.23. The number of aromatic nitrogens is 5. The van der Waals surface area contributed by atoms with E-state index in [2.05, 4.69) is 20.4 Å². The molecule has 5 rings (SSSR count). The molecule has 10 heteroatoms. The maximum absolute atomic E-state index is 13.9. The molecule has 1 N–H and O–H groups in total. The van der Waals surface area contributed by atoms with Crippen LogP contribution in [-0.2, 0) is 11.3 Å². The number of hydrogen-bond donors (Lipinski definition) is 1. The van der Waals surface area contributed by atoms with Crippen LogP contribution in [0, 0.1) is 12.7 Å². The molecule has 36 heavy (non-hydrogen) atoms. The summed E-state index contributed by atoms with van der Waals surface area (Å²) in [6, 6.07) is 11.4. The number of fused-ring (bicyclic) bond motifs is 2. The van der Waals surface area contributed by atoms with Gasteiger partial charge in [0.05, 0.1) is 36.1 Å². The van der Waals surface area contributed by atoms with E-state index in [4.69, 9.17) is 9.47 Å². The number of anilines is 1. The lowest BCUT2D eigenvalue weighted by molar-refractivity contribution is 0.146. The summed E-state index contributed by atoms with van der Waals surface area (Å²) in [4.78, 5) is 21.3. The molecule has 0 radical (unpaired) electrons. The maximum atomic E-state index is 13.9. The van der Waals surface area contributed by atoms with Crippen LogP contribution in [-0.4, -0.2) is 51.2 Å². The Morgan fingerprint density at radius 3 is 2.83 bits per heavy atom. The lowest BCUT2D eigenvalue weighted by Crippen LogP contribution is -2.26. The van der Waals surface area contributed by atoms with Crippen LogP contribution in [0.25, 0.3) is 27.8 Å². The van der Waals surface area contributed by atoms with Gasteiger partial charge in [0.2, 0.25) is 0 Å². The SMILES string of the molecule is COCCOc1cnc2c(NCCn3nc(-n4cc(C)c5ccc(F)cc54)ccc3=O)ccnc2c1. The molecule has 0 aliphatic carbocycles. The lowest BCUT2D eigenvalue weighted by atomic mass is 10.2. The Morgan fingerprint density at radius 1 is 1.08 bits per heavy atom. The number of halogens is 1. The van der Waals surface area contributed by atoms with E-state index >= 15 is 0 Å². The highest BCUT2D eigenvalue weighted by atomic mass is 19.1. The molecule has 9 nitrogen and oxygen atoms in total. The Bertz CT molecular complexity index is 1600. The predicted octanol–water partition coefficient (Wildman–Crippen LogP) is 3.72. The van der Waals surface area contributed by atoms with Gasteiger partial charge in [0.25, 0.3) is 5.56 Å². The van der Waals surface area contributed by atoms with Gasteiger partial charge in [-0.2, -0.15) is 5.10 Å². The Balaban J connectivity index is 1.34. The van der Waals surface area contributed by atoms with E-state index in [-0.39, 0.29) is 11.4 Å². The van der Waals surface area contributed by atoms with Crippen molar-refractivity contribution in [3.8, 4) is 11.6 Å². The highest BCUT2D eigenvalue weighted by molar-refractivity contribution is 5.88. The Hall–Kier alpha value is -4.31. The third-order valence-corrected chi connectivity index (χ3v) is 5.81. The Kier molecular flexibility index (Phi) is 6.59. The molecule has 0 saturated heterocycles. The third kappa shape index (κ3) is 4.76. The van der Waals surface area contributed by atoms with Gasteiger partial charge in [-0.25, -0.2) is 14.1 Å². The Morgan fingerprint density at radius 2 is 1.97 bits per heavy atom. The Labute approximate surface area is 206 Å². The second kappa shape index (κ2) is 10.1. The lowest BCUT2D eigenvalue weighted by Gasteiger charge is -2.12. The van der Waals surface area contributed by atoms with E-state index in [1.807, 2.05) is 25.3 Å². The van der Waals surface area contributed by atoms with Crippen molar-refractivity contribution >= 4 is 27.6 Å². The number of rotatable bonds is 9. The highest BCUT2D eigenvalue weighted by Gasteiger charge is 2.11. The van der Waals surface area contributed by atoms with Gasteiger partial charge in [-0.3, -0.25) is 14.3 Å². The number of ether oxygens (including phenoxy) is 2. The standard InChI is InChI=1S/C26H25FN6O3/c1-17-16-32(23-13-18(27)3-4-20(17)23)24-5-6-25(34)33(31-24)10-9-29-21-7-8-28-22-14-19(15-30-26(21)22)36-12-11-35-2/h3-8,13-16H,9-12H2,1-2H3,(H,28,29). The van der Waals surface area contributed by atoms with Gasteiger partial charge in [0.15, 0.2) is 5.82 Å². The van der Waals surface area contributed by atoms with Gasteiger partial charge in [0.1, 0.15) is 23.7 Å². The number of benzene rings is 1. The molecule has 0 bridgehead atoms. The van der Waals surface area contributed by atoms with Crippen LogP contribution >= 0.6 is 0 Å². The summed E-state index contributed by atoms with van der Waals surface area (Å²) in [7, 11) is 1.62. The number of pyridine rings is 2. The van der Waals surface area contributed by atoms with E-state index in [1.165, 1.54) is 22.9 Å². The predicted molar refractivity (Wildman–Crippen MR) is 135 cm³/mol. The second-order valence-electron chi connectivity index (χ2n) is 8.26. The molecule has 184 valence electrons. The van der Waals surface area contributed by atoms with Gasteiger partial charge in [-0.15, -0.1) is 0 Å². The van der Waals surface area contributed by atoms with Gasteiger partial charge < -0.3 is 14.8 Å². The monoisotopic (exact) mass is 488 g/mol. The molecule has 0 aliphatic heterocycles. The zero-order chi connectivity index (χ0) is 25.1. The summed E-state index contributed by atoms with van der Waals surface area (Å²) in [6.45, 7) is 3.62. The molecule has 0 fully saturated rings. The number of aryl methyl sites for hydroxylation is 1. The quantitative estimate of drug-likeness (QED) is 0.316. The van der Waals surface area contributed by atoms with Gasteiger partial charge in [-0.1, -0.05) is 0 Å². The minimum Gasteiger partial charge on any atom is -0.489 e. The molecule has 0 aliphatic rings. The van der Waals surface area contributed by atoms with Crippen LogP contribution in [0.3, 0.4) is 0 Å². The molecule has 5 aromatic rings. The first-order chi connectivity index (χ1) is 17.5. The highest BCUT2D eigenvalue weighted by Crippen LogP contribution is 2.25. The fraction of sp³-hybridized carbons (Fsp3) is 0.231. The molecule has 0 unspecified atom stereocenters. The van der Waals surface area contributed by atoms with Crippen LogP contribution in [0.2, 0.25) is 0 Å². The number of nitrogens with one attached hydrogen (secondary N) is 1. The van der Waals surface area contributed by atoms with E-state index in [9.17, 15) is 9.18 Å². The topological polar surface area (TPSA) is 96.1 Å². The van der Waals surface area contributed by atoms with Crippen LogP contribution in [0.15, 0.2) is 65.8 Å². The molecule has 4 aromatic heterocycles. The average Bonchev–Trinajstić information content (AvgIpc) is 3.20. The zero-order valence-electron chi connectivity index (χ0n) is 19.9. The minimum absolute atomic E-state index is 0.226. The van der Waals surface area contributed by atoms with Crippen molar-refractivity contribution in [3.05, 3.63) is 82.8 Å². The normalized spacial score (nSPS) is 11.3. The van der Waals surface area contributed by atoms with E-state index in [0.717, 1.165) is 16.6 Å². The van der Waals surface area contributed by atoms with Crippen molar-refractivity contribution < 1.29 is 13.9 Å². The smallest absolute Gasteiger partial charge is 0.266 e. The summed E-state index contributed by atoms with van der Waals surface area (Å²) in [5.41, 5.74) is 3.64. The van der Waals surface area contributed by atoms with Crippen LogP contribution in [0.1, 0.15) is 5.56 Å². The molecule has 0 amide bonds. The van der Waals surface area contributed by atoms with Gasteiger partial charge >= 0.3 is 0 Å². The van der Waals surface area contributed by atoms with E-state index < -0.39 is 0 Å².